The first-order chi connectivity index (χ1) is 14.9. The number of nitrogens with one attached hydrogen (secondary N) is 1. The highest BCUT2D eigenvalue weighted by molar-refractivity contribution is 8.14. The summed E-state index contributed by atoms with van der Waals surface area (Å²) in [5.41, 5.74) is 2.56. The molecule has 2 saturated heterocycles. The molecule has 0 spiro atoms. The molecule has 7 heteroatoms. The zero-order valence-electron chi connectivity index (χ0n) is 18.5. The molecular formula is C24H33N3O3S. The van der Waals surface area contributed by atoms with Gasteiger partial charge >= 0.3 is 0 Å². The van der Waals surface area contributed by atoms with Crippen LogP contribution in [0.25, 0.3) is 0 Å². The highest BCUT2D eigenvalue weighted by Crippen LogP contribution is 2.33. The number of hydrogen-bond acceptors (Lipinski definition) is 4. The van der Waals surface area contributed by atoms with E-state index in [1.807, 2.05) is 16.8 Å². The number of carbonyl (C=O) groups excluding carboxylic acids is 3. The van der Waals surface area contributed by atoms with Crippen molar-refractivity contribution in [3.05, 3.63) is 35.4 Å². The van der Waals surface area contributed by atoms with Crippen molar-refractivity contribution in [2.75, 3.05) is 25.9 Å². The maximum atomic E-state index is 13.1. The maximum absolute atomic E-state index is 13.1. The molecule has 3 fully saturated rings. The molecule has 1 aliphatic carbocycles. The van der Waals surface area contributed by atoms with E-state index in [2.05, 4.69) is 36.5 Å². The number of hydrogen-bond donors (Lipinski definition) is 1. The van der Waals surface area contributed by atoms with Gasteiger partial charge < -0.3 is 15.1 Å². The van der Waals surface area contributed by atoms with Crippen LogP contribution in [0, 0.1) is 18.8 Å². The first-order valence-corrected chi connectivity index (χ1v) is 12.5. The average Bonchev–Trinajstić information content (AvgIpc) is 3.17. The quantitative estimate of drug-likeness (QED) is 0.733. The fourth-order valence-electron chi connectivity index (χ4n) is 5.03. The average molecular weight is 444 g/mol. The summed E-state index contributed by atoms with van der Waals surface area (Å²) in [7, 11) is 1.98. The number of rotatable bonds is 6. The van der Waals surface area contributed by atoms with E-state index in [4.69, 9.17) is 0 Å². The van der Waals surface area contributed by atoms with Crippen LogP contribution in [-0.2, 0) is 16.0 Å². The lowest BCUT2D eigenvalue weighted by Crippen LogP contribution is -2.52. The van der Waals surface area contributed by atoms with Crippen LogP contribution in [0.4, 0.5) is 4.79 Å². The summed E-state index contributed by atoms with van der Waals surface area (Å²) < 4.78 is 0. The lowest BCUT2D eigenvalue weighted by Gasteiger charge is -2.42. The van der Waals surface area contributed by atoms with E-state index in [0.717, 1.165) is 38.5 Å². The summed E-state index contributed by atoms with van der Waals surface area (Å²) in [6.07, 6.45) is 5.81. The minimum absolute atomic E-state index is 0.0335. The third-order valence-corrected chi connectivity index (χ3v) is 8.24. The predicted octanol–water partition coefficient (Wildman–Crippen LogP) is 3.23. The van der Waals surface area contributed by atoms with Gasteiger partial charge in [-0.25, -0.2) is 0 Å². The van der Waals surface area contributed by atoms with Crippen molar-refractivity contribution in [2.45, 2.75) is 57.5 Å². The zero-order chi connectivity index (χ0) is 22.0. The number of likely N-dealkylation sites (N-methyl/N-ethyl adjacent to an activating group) is 1. The van der Waals surface area contributed by atoms with Gasteiger partial charge in [-0.1, -0.05) is 42.4 Å². The number of aryl methyl sites for hydroxylation is 1. The summed E-state index contributed by atoms with van der Waals surface area (Å²) >= 11 is 1.18. The third kappa shape index (κ3) is 4.92. The molecule has 1 saturated carbocycles. The lowest BCUT2D eigenvalue weighted by atomic mass is 9.81. The van der Waals surface area contributed by atoms with E-state index < -0.39 is 0 Å². The van der Waals surface area contributed by atoms with Gasteiger partial charge in [-0.05, 0) is 56.1 Å². The minimum Gasteiger partial charge on any atom is -0.342 e. The first-order valence-electron chi connectivity index (χ1n) is 11.5. The summed E-state index contributed by atoms with van der Waals surface area (Å²) in [5, 5.41) is 2.65. The Morgan fingerprint density at radius 3 is 2.48 bits per heavy atom. The Balaban J connectivity index is 1.44. The molecule has 31 heavy (non-hydrogen) atoms. The molecule has 0 aromatic heterocycles. The van der Waals surface area contributed by atoms with Crippen molar-refractivity contribution in [3.63, 3.8) is 0 Å². The molecule has 2 aliphatic heterocycles. The maximum Gasteiger partial charge on any atom is 0.279 e. The summed E-state index contributed by atoms with van der Waals surface area (Å²) in [6, 6.07) is 8.19. The van der Waals surface area contributed by atoms with E-state index >= 15 is 0 Å². The van der Waals surface area contributed by atoms with Crippen molar-refractivity contribution in [2.24, 2.45) is 11.8 Å². The van der Waals surface area contributed by atoms with Crippen molar-refractivity contribution in [3.8, 4) is 0 Å². The lowest BCUT2D eigenvalue weighted by molar-refractivity contribution is -0.141. The van der Waals surface area contributed by atoms with E-state index in [9.17, 15) is 14.4 Å². The Morgan fingerprint density at radius 2 is 1.90 bits per heavy atom. The second-order valence-electron chi connectivity index (χ2n) is 9.23. The number of likely N-dealkylation sites (tertiary alicyclic amines) is 1. The van der Waals surface area contributed by atoms with Gasteiger partial charge in [0.25, 0.3) is 5.24 Å². The van der Waals surface area contributed by atoms with Gasteiger partial charge in [-0.3, -0.25) is 14.4 Å². The standard InChI is InChI=1S/C24H33N3O3S/c1-16-6-3-4-7-19(16)14-21(26(2)22(28)18-8-5-9-18)17-10-12-27(13-11-17)23(29)20-15-31-24(30)25-20/h3-4,6-7,17-18,20-21H,5,8-15H2,1-2H3,(H,25,30)/t20-,21?/m0/s1. The van der Waals surface area contributed by atoms with Gasteiger partial charge in [0.05, 0.1) is 0 Å². The molecule has 6 nitrogen and oxygen atoms in total. The second-order valence-corrected chi connectivity index (χ2v) is 10.2. The molecule has 0 bridgehead atoms. The van der Waals surface area contributed by atoms with Gasteiger partial charge in [-0.15, -0.1) is 0 Å². The zero-order valence-corrected chi connectivity index (χ0v) is 19.3. The molecular weight excluding hydrogens is 410 g/mol. The predicted molar refractivity (Wildman–Crippen MR) is 123 cm³/mol. The molecule has 0 radical (unpaired) electrons. The van der Waals surface area contributed by atoms with E-state index in [1.165, 1.54) is 22.9 Å². The van der Waals surface area contributed by atoms with Gasteiger partial charge in [-0.2, -0.15) is 0 Å². The Kier molecular flexibility index (Phi) is 6.89. The van der Waals surface area contributed by atoms with E-state index in [1.54, 1.807) is 0 Å². The van der Waals surface area contributed by atoms with Gasteiger partial charge in [0.2, 0.25) is 11.8 Å². The summed E-state index contributed by atoms with van der Waals surface area (Å²) in [6.45, 7) is 3.52. The smallest absolute Gasteiger partial charge is 0.279 e. The molecule has 1 aromatic rings. The number of benzene rings is 1. The normalized spacial score (nSPS) is 23.2. The largest absolute Gasteiger partial charge is 0.342 e. The Morgan fingerprint density at radius 1 is 1.19 bits per heavy atom. The molecule has 2 atom stereocenters. The van der Waals surface area contributed by atoms with Crippen LogP contribution in [-0.4, -0.2) is 64.8 Å². The van der Waals surface area contributed by atoms with Crippen LogP contribution in [0.2, 0.25) is 0 Å². The number of thioether (sulfide) groups is 1. The molecule has 4 rings (SSSR count). The van der Waals surface area contributed by atoms with Crippen molar-refractivity contribution in [1.82, 2.24) is 15.1 Å². The third-order valence-electron chi connectivity index (χ3n) is 7.36. The highest BCUT2D eigenvalue weighted by atomic mass is 32.2. The van der Waals surface area contributed by atoms with Crippen LogP contribution < -0.4 is 5.32 Å². The van der Waals surface area contributed by atoms with Crippen LogP contribution in [0.3, 0.4) is 0 Å². The SMILES string of the molecule is Cc1ccccc1CC(C1CCN(C(=O)[C@@H]2CSC(=O)N2)CC1)N(C)C(=O)C1CCC1. The molecule has 1 unspecified atom stereocenters. The minimum atomic E-state index is -0.389. The van der Waals surface area contributed by atoms with Crippen LogP contribution in [0.1, 0.15) is 43.2 Å². The van der Waals surface area contributed by atoms with E-state index in [0.29, 0.717) is 24.8 Å². The molecule has 2 heterocycles. The number of carbonyl (C=O) groups is 3. The van der Waals surface area contributed by atoms with Gasteiger partial charge in [0, 0.05) is 37.8 Å². The highest BCUT2D eigenvalue weighted by Gasteiger charge is 2.38. The Labute approximate surface area is 189 Å². The first kappa shape index (κ1) is 22.2. The van der Waals surface area contributed by atoms with E-state index in [-0.39, 0.29) is 35.1 Å². The molecule has 1 N–H and O–H groups in total. The fraction of sp³-hybridized carbons (Fsp3) is 0.625. The van der Waals surface area contributed by atoms with Crippen molar-refractivity contribution in [1.29, 1.82) is 0 Å². The fourth-order valence-corrected chi connectivity index (χ4v) is 5.80. The summed E-state index contributed by atoms with van der Waals surface area (Å²) in [4.78, 5) is 41.2. The van der Waals surface area contributed by atoms with Crippen LogP contribution >= 0.6 is 11.8 Å². The Bertz CT molecular complexity index is 833. The topological polar surface area (TPSA) is 69.7 Å². The van der Waals surface area contributed by atoms with Crippen LogP contribution in [0.5, 0.6) is 0 Å². The monoisotopic (exact) mass is 443 g/mol. The van der Waals surface area contributed by atoms with Gasteiger partial charge in [0.15, 0.2) is 0 Å². The van der Waals surface area contributed by atoms with Crippen LogP contribution in [0.15, 0.2) is 24.3 Å². The van der Waals surface area contributed by atoms with Gasteiger partial charge in [0.1, 0.15) is 6.04 Å². The molecule has 3 amide bonds. The Hall–Kier alpha value is -2.02. The second kappa shape index (κ2) is 9.63. The molecule has 168 valence electrons. The molecule has 3 aliphatic rings. The van der Waals surface area contributed by atoms with Crippen molar-refractivity contribution >= 4 is 28.8 Å². The number of amides is 3. The number of piperidine rings is 1. The summed E-state index contributed by atoms with van der Waals surface area (Å²) in [5.74, 6) is 1.39. The van der Waals surface area contributed by atoms with Crippen molar-refractivity contribution < 1.29 is 14.4 Å². The molecule has 1 aromatic carbocycles. The number of nitrogens with zero attached hydrogens (tertiary/aromatic N) is 2.